The van der Waals surface area contributed by atoms with Crippen LogP contribution >= 0.6 is 0 Å². The largest absolute Gasteiger partial charge is 0.520 e. The summed E-state index contributed by atoms with van der Waals surface area (Å²) in [6, 6.07) is -0.686. The van der Waals surface area contributed by atoms with Gasteiger partial charge >= 0.3 is 5.97 Å². The molecule has 122 valence electrons. The molecule has 1 unspecified atom stereocenters. The minimum atomic E-state index is -0.686. The summed E-state index contributed by atoms with van der Waals surface area (Å²) in [4.78, 5) is 32.8. The third kappa shape index (κ3) is 10.6. The summed E-state index contributed by atoms with van der Waals surface area (Å²) in [5.41, 5.74) is -0.587. The first-order valence-corrected chi connectivity index (χ1v) is 6.36. The SMILES string of the molecule is CC(=O)NCCCCC(N[C-]=O)C(=O)OC(C)(C)C.[Fm]. The minimum Gasteiger partial charge on any atom is -0.520 e. The normalized spacial score (nSPS) is 11.8. The Morgan fingerprint density at radius 1 is 1.25 bits per heavy atom. The van der Waals surface area contributed by atoms with E-state index in [9.17, 15) is 14.4 Å². The molecule has 0 aliphatic carbocycles. The van der Waals surface area contributed by atoms with E-state index in [4.69, 9.17) is 4.74 Å². The molecule has 6 nitrogen and oxygen atoms in total. The van der Waals surface area contributed by atoms with Gasteiger partial charge in [-0.25, -0.2) is 4.79 Å². The number of hydrogen-bond acceptors (Lipinski definition) is 4. The molecule has 1 atom stereocenters. The van der Waals surface area contributed by atoms with E-state index in [0.717, 1.165) is 6.42 Å². The number of esters is 1. The van der Waals surface area contributed by atoms with Gasteiger partial charge < -0.3 is 20.2 Å². The zero-order valence-electron chi connectivity index (χ0n) is 12.3. The van der Waals surface area contributed by atoms with Crippen LogP contribution in [0.4, 0.5) is 0 Å². The zero-order valence-corrected chi connectivity index (χ0v) is 14.7. The topological polar surface area (TPSA) is 84.5 Å². The zero-order chi connectivity index (χ0) is 14.9. The predicted octanol–water partition coefficient (Wildman–Crippen LogP) is 0.660. The molecule has 0 aromatic rings. The fraction of sp³-hybridized carbons (Fsp3) is 0.769. The van der Waals surface area contributed by atoms with Crippen LogP contribution in [0.3, 0.4) is 0 Å². The Kier molecular flexibility index (Phi) is 9.23. The van der Waals surface area contributed by atoms with Crippen LogP contribution in [0, 0.1) is 0 Å². The van der Waals surface area contributed by atoms with Crippen LogP contribution < -0.4 is 10.6 Å². The van der Waals surface area contributed by atoms with Crippen LogP contribution in [-0.4, -0.2) is 36.5 Å². The van der Waals surface area contributed by atoms with Gasteiger partial charge in [-0.1, -0.05) is 0 Å². The summed E-state index contributed by atoms with van der Waals surface area (Å²) in [5.74, 6) is -0.543. The van der Waals surface area contributed by atoms with E-state index in [-0.39, 0.29) is 5.91 Å². The molecule has 0 aliphatic heterocycles. The van der Waals surface area contributed by atoms with Crippen LogP contribution in [0.2, 0.25) is 0 Å². The van der Waals surface area contributed by atoms with E-state index in [1.165, 1.54) is 13.3 Å². The molecule has 0 aliphatic rings. The third-order valence-corrected chi connectivity index (χ3v) is 2.22. The summed E-state index contributed by atoms with van der Waals surface area (Å²) >= 11 is 0. The fourth-order valence-corrected chi connectivity index (χ4v) is 1.43. The number of carbonyl (C=O) groups is 2. The summed E-state index contributed by atoms with van der Waals surface area (Å²) in [7, 11) is 0. The number of nitrogens with one attached hydrogen (secondary N) is 2. The average Bonchev–Trinajstić information content (AvgIpc) is 2.24. The molecule has 0 saturated carbocycles. The van der Waals surface area contributed by atoms with Crippen LogP contribution in [0.1, 0.15) is 47.0 Å². The first-order valence-electron chi connectivity index (χ1n) is 6.36. The number of ether oxygens (including phenoxy) is 1. The number of unbranched alkanes of at least 4 members (excludes halogenated alkanes) is 1. The summed E-state index contributed by atoms with van der Waals surface area (Å²) in [6.45, 7) is 7.31. The molecule has 0 fully saturated rings. The van der Waals surface area contributed by atoms with Gasteiger partial charge in [-0.15, -0.1) is 0 Å². The van der Waals surface area contributed by atoms with E-state index < -0.39 is 17.6 Å². The molecule has 0 heterocycles. The molecule has 2 amide bonds. The first kappa shape index (κ1) is 19.7. The summed E-state index contributed by atoms with van der Waals surface area (Å²) in [6.07, 6.45) is 3.41. The van der Waals surface area contributed by atoms with E-state index in [2.05, 4.69) is 10.6 Å². The second kappa shape index (κ2) is 9.35. The maximum Gasteiger partial charge on any atom is 0.326 e. The second-order valence-electron chi connectivity index (χ2n) is 5.31. The van der Waals surface area contributed by atoms with Crippen molar-refractivity contribution < 1.29 is 19.1 Å². The molecule has 20 heavy (non-hydrogen) atoms. The second-order valence-corrected chi connectivity index (χ2v) is 5.31. The van der Waals surface area contributed by atoms with Gasteiger partial charge in [0.25, 0.3) is 0 Å². The Hall–Kier alpha value is -2.59. The molecule has 2 N–H and O–H groups in total. The minimum absolute atomic E-state index is 0. The predicted molar refractivity (Wildman–Crippen MR) is 71.0 cm³/mol. The molecular weight excluding hydrogens is 505 g/mol. The Bertz CT molecular complexity index is 316. The van der Waals surface area contributed by atoms with Crippen molar-refractivity contribution in [2.75, 3.05) is 6.54 Å². The van der Waals surface area contributed by atoms with Gasteiger partial charge in [-0.2, -0.15) is 6.41 Å². The Morgan fingerprint density at radius 3 is 2.30 bits per heavy atom. The van der Waals surface area contributed by atoms with Crippen molar-refractivity contribution >= 4 is 18.3 Å². The van der Waals surface area contributed by atoms with E-state index in [0.29, 0.717) is 19.4 Å². The molecular formula is C13H23FmN2O4-. The molecule has 0 aromatic carbocycles. The van der Waals surface area contributed by atoms with Crippen molar-refractivity contribution in [3.05, 3.63) is 0 Å². The van der Waals surface area contributed by atoms with Gasteiger partial charge in [-0.05, 0) is 40.0 Å². The monoisotopic (exact) mass is 528 g/mol. The van der Waals surface area contributed by atoms with Crippen LogP contribution in [0.15, 0.2) is 0 Å². The van der Waals surface area contributed by atoms with Gasteiger partial charge in [0.15, 0.2) is 0 Å². The van der Waals surface area contributed by atoms with Crippen LogP contribution in [0.5, 0.6) is 0 Å². The van der Waals surface area contributed by atoms with Gasteiger partial charge in [-0.3, -0.25) is 4.79 Å². The maximum absolute atomic E-state index is 11.8. The standard InChI is InChI=1S/C13H23N2O4.Fm/c1-10(17)14-8-6-5-7-11(15-9-16)12(18)19-13(2,3)4;/h11H,5-8H2,1-4H3,(H,14,17)(H,15,16);/q-1;. The van der Waals surface area contributed by atoms with Crippen molar-refractivity contribution in [1.29, 1.82) is 0 Å². The quantitative estimate of drug-likeness (QED) is 0.210. The fourth-order valence-electron chi connectivity index (χ4n) is 1.43. The van der Waals surface area contributed by atoms with E-state index in [1.54, 1.807) is 20.8 Å². The Morgan fingerprint density at radius 2 is 1.85 bits per heavy atom. The van der Waals surface area contributed by atoms with Crippen molar-refractivity contribution in [3.63, 3.8) is 0 Å². The van der Waals surface area contributed by atoms with Crippen molar-refractivity contribution in [2.24, 2.45) is 0 Å². The van der Waals surface area contributed by atoms with Gasteiger partial charge in [0, 0.05) is 13.5 Å². The molecule has 0 saturated heterocycles. The average molecular weight is 528 g/mol. The van der Waals surface area contributed by atoms with E-state index >= 15 is 0 Å². The Labute approximate surface area is 114 Å². The maximum atomic E-state index is 11.8. The van der Waals surface area contributed by atoms with Crippen LogP contribution in [-0.2, 0) is 19.1 Å². The number of rotatable bonds is 8. The molecule has 7 heteroatoms. The van der Waals surface area contributed by atoms with Crippen molar-refractivity contribution in [3.8, 4) is 0 Å². The smallest absolute Gasteiger partial charge is 0.326 e. The van der Waals surface area contributed by atoms with Gasteiger partial charge in [0.2, 0.25) is 5.91 Å². The van der Waals surface area contributed by atoms with Crippen LogP contribution in [0.25, 0.3) is 0 Å². The summed E-state index contributed by atoms with van der Waals surface area (Å²) < 4.78 is 5.20. The first-order chi connectivity index (χ1) is 8.76. The summed E-state index contributed by atoms with van der Waals surface area (Å²) in [5, 5.41) is 5.00. The van der Waals surface area contributed by atoms with Crippen molar-refractivity contribution in [2.45, 2.75) is 58.6 Å². The van der Waals surface area contributed by atoms with Gasteiger partial charge in [0.05, 0.1) is 6.04 Å². The molecule has 0 spiro atoms. The van der Waals surface area contributed by atoms with E-state index in [1.807, 2.05) is 0 Å². The number of hydrogen-bond donors (Lipinski definition) is 2. The number of carbonyl (C=O) groups excluding carboxylic acids is 3. The van der Waals surface area contributed by atoms with Crippen molar-refractivity contribution in [1.82, 2.24) is 10.6 Å². The Balaban J connectivity index is 0. The van der Waals surface area contributed by atoms with Gasteiger partial charge in [0.1, 0.15) is 5.60 Å². The molecule has 0 aromatic heterocycles. The molecule has 0 radical (unpaired) electrons. The number of amides is 2. The molecule has 0 rings (SSSR count). The molecule has 0 bridgehead atoms. The third-order valence-electron chi connectivity index (χ3n) is 2.22.